The number of aliphatic hydroxyl groups excluding tert-OH is 1. The number of aliphatic hydroxyl groups is 1. The molecular formula is C11H17NO2S. The lowest BCUT2D eigenvalue weighted by Crippen LogP contribution is -2.04. The topological polar surface area (TPSA) is 42.4 Å². The number of hydrogen-bond donors (Lipinski definition) is 1. The van der Waals surface area contributed by atoms with Gasteiger partial charge in [0.2, 0.25) is 0 Å². The predicted octanol–water partition coefficient (Wildman–Crippen LogP) is 2.01. The van der Waals surface area contributed by atoms with Crippen LogP contribution in [0.2, 0.25) is 0 Å². The SMILES string of the molecule is CCSCCOc1ccc(C)nc1CO. The molecule has 0 saturated heterocycles. The number of pyridine rings is 1. The van der Waals surface area contributed by atoms with Gasteiger partial charge in [0, 0.05) is 11.4 Å². The standard InChI is InChI=1S/C11H17NO2S/c1-3-15-7-6-14-11-5-4-9(2)12-10(11)8-13/h4-5,13H,3,6-8H2,1-2H3. The largest absolute Gasteiger partial charge is 0.491 e. The Bertz CT molecular complexity index is 305. The Labute approximate surface area is 94.9 Å². The Morgan fingerprint density at radius 2 is 2.27 bits per heavy atom. The molecule has 0 aliphatic heterocycles. The summed E-state index contributed by atoms with van der Waals surface area (Å²) >= 11 is 1.84. The highest BCUT2D eigenvalue weighted by Crippen LogP contribution is 2.17. The Hall–Kier alpha value is -0.740. The summed E-state index contributed by atoms with van der Waals surface area (Å²) in [4.78, 5) is 4.21. The first-order valence-electron chi connectivity index (χ1n) is 5.05. The molecule has 0 amide bonds. The molecule has 0 unspecified atom stereocenters. The highest BCUT2D eigenvalue weighted by Gasteiger charge is 2.04. The van der Waals surface area contributed by atoms with Crippen LogP contribution in [0.3, 0.4) is 0 Å². The molecule has 3 nitrogen and oxygen atoms in total. The number of thioether (sulfide) groups is 1. The number of ether oxygens (including phenoxy) is 1. The van der Waals surface area contributed by atoms with E-state index in [2.05, 4.69) is 11.9 Å². The summed E-state index contributed by atoms with van der Waals surface area (Å²) in [5, 5.41) is 9.10. The minimum atomic E-state index is -0.0715. The number of nitrogens with zero attached hydrogens (tertiary/aromatic N) is 1. The number of aryl methyl sites for hydroxylation is 1. The van der Waals surface area contributed by atoms with Gasteiger partial charge in [0.05, 0.1) is 13.2 Å². The molecule has 84 valence electrons. The molecule has 0 fully saturated rings. The summed E-state index contributed by atoms with van der Waals surface area (Å²) < 4.78 is 5.54. The van der Waals surface area contributed by atoms with Gasteiger partial charge >= 0.3 is 0 Å². The molecule has 1 aromatic rings. The number of aromatic nitrogens is 1. The molecule has 0 atom stereocenters. The van der Waals surface area contributed by atoms with Crippen LogP contribution in [0.25, 0.3) is 0 Å². The van der Waals surface area contributed by atoms with E-state index in [4.69, 9.17) is 9.84 Å². The Morgan fingerprint density at radius 1 is 1.47 bits per heavy atom. The molecule has 0 radical (unpaired) electrons. The van der Waals surface area contributed by atoms with E-state index in [0.717, 1.165) is 17.2 Å². The van der Waals surface area contributed by atoms with Gasteiger partial charge in [-0.15, -0.1) is 0 Å². The van der Waals surface area contributed by atoms with E-state index in [1.807, 2.05) is 30.8 Å². The van der Waals surface area contributed by atoms with Gasteiger partial charge in [-0.2, -0.15) is 11.8 Å². The van der Waals surface area contributed by atoms with Crippen molar-refractivity contribution in [1.82, 2.24) is 4.98 Å². The van der Waals surface area contributed by atoms with Gasteiger partial charge in [-0.3, -0.25) is 4.98 Å². The first-order valence-corrected chi connectivity index (χ1v) is 6.21. The quantitative estimate of drug-likeness (QED) is 0.755. The lowest BCUT2D eigenvalue weighted by atomic mass is 10.3. The fourth-order valence-corrected chi connectivity index (χ4v) is 1.69. The van der Waals surface area contributed by atoms with Crippen LogP contribution in [0.5, 0.6) is 5.75 Å². The summed E-state index contributed by atoms with van der Waals surface area (Å²) in [7, 11) is 0. The normalized spacial score (nSPS) is 10.3. The molecule has 0 saturated carbocycles. The Morgan fingerprint density at radius 3 is 2.93 bits per heavy atom. The predicted molar refractivity (Wildman–Crippen MR) is 63.4 cm³/mol. The Balaban J connectivity index is 2.52. The fourth-order valence-electron chi connectivity index (χ4n) is 1.20. The van der Waals surface area contributed by atoms with Crippen molar-refractivity contribution in [3.63, 3.8) is 0 Å². The fraction of sp³-hybridized carbons (Fsp3) is 0.545. The highest BCUT2D eigenvalue weighted by atomic mass is 32.2. The Kier molecular flexibility index (Phi) is 5.50. The summed E-state index contributed by atoms with van der Waals surface area (Å²) in [6.07, 6.45) is 0. The van der Waals surface area contributed by atoms with E-state index in [1.165, 1.54) is 0 Å². The van der Waals surface area contributed by atoms with Gasteiger partial charge in [-0.25, -0.2) is 0 Å². The van der Waals surface area contributed by atoms with Crippen LogP contribution in [-0.2, 0) is 6.61 Å². The zero-order valence-corrected chi connectivity index (χ0v) is 10.0. The van der Waals surface area contributed by atoms with Crippen LogP contribution >= 0.6 is 11.8 Å². The van der Waals surface area contributed by atoms with Crippen molar-refractivity contribution in [3.05, 3.63) is 23.5 Å². The highest BCUT2D eigenvalue weighted by molar-refractivity contribution is 7.99. The molecule has 4 heteroatoms. The van der Waals surface area contributed by atoms with Crippen LogP contribution in [0.1, 0.15) is 18.3 Å². The van der Waals surface area contributed by atoms with E-state index in [0.29, 0.717) is 18.1 Å². The van der Waals surface area contributed by atoms with Crippen LogP contribution in [0.15, 0.2) is 12.1 Å². The van der Waals surface area contributed by atoms with Crippen molar-refractivity contribution in [2.75, 3.05) is 18.1 Å². The molecule has 15 heavy (non-hydrogen) atoms. The minimum absolute atomic E-state index is 0.0715. The maximum absolute atomic E-state index is 9.10. The van der Waals surface area contributed by atoms with Crippen molar-refractivity contribution < 1.29 is 9.84 Å². The summed E-state index contributed by atoms with van der Waals surface area (Å²) in [5.74, 6) is 2.76. The van der Waals surface area contributed by atoms with Crippen LogP contribution < -0.4 is 4.74 Å². The lowest BCUT2D eigenvalue weighted by Gasteiger charge is -2.09. The third-order valence-corrected chi connectivity index (χ3v) is 2.77. The van der Waals surface area contributed by atoms with Crippen molar-refractivity contribution in [2.24, 2.45) is 0 Å². The average molecular weight is 227 g/mol. The second-order valence-corrected chi connectivity index (χ2v) is 4.49. The third kappa shape index (κ3) is 4.10. The van der Waals surface area contributed by atoms with Gasteiger partial charge < -0.3 is 9.84 Å². The van der Waals surface area contributed by atoms with E-state index >= 15 is 0 Å². The lowest BCUT2D eigenvalue weighted by molar-refractivity contribution is 0.261. The zero-order chi connectivity index (χ0) is 11.1. The minimum Gasteiger partial charge on any atom is -0.491 e. The molecule has 1 aromatic heterocycles. The van der Waals surface area contributed by atoms with E-state index < -0.39 is 0 Å². The smallest absolute Gasteiger partial charge is 0.143 e. The zero-order valence-electron chi connectivity index (χ0n) is 9.19. The van der Waals surface area contributed by atoms with Crippen molar-refractivity contribution in [1.29, 1.82) is 0 Å². The van der Waals surface area contributed by atoms with E-state index in [-0.39, 0.29) is 6.61 Å². The average Bonchev–Trinajstić information content (AvgIpc) is 2.26. The molecule has 0 aromatic carbocycles. The van der Waals surface area contributed by atoms with Crippen molar-refractivity contribution in [3.8, 4) is 5.75 Å². The molecule has 0 spiro atoms. The van der Waals surface area contributed by atoms with Gasteiger partial charge in [0.1, 0.15) is 11.4 Å². The van der Waals surface area contributed by atoms with E-state index in [9.17, 15) is 0 Å². The van der Waals surface area contributed by atoms with Crippen molar-refractivity contribution in [2.45, 2.75) is 20.5 Å². The van der Waals surface area contributed by atoms with Gasteiger partial charge in [0.15, 0.2) is 0 Å². The van der Waals surface area contributed by atoms with Crippen molar-refractivity contribution >= 4 is 11.8 Å². The van der Waals surface area contributed by atoms with Gasteiger partial charge in [-0.1, -0.05) is 6.92 Å². The molecule has 0 aliphatic rings. The molecule has 1 N–H and O–H groups in total. The monoisotopic (exact) mass is 227 g/mol. The van der Waals surface area contributed by atoms with E-state index in [1.54, 1.807) is 0 Å². The maximum Gasteiger partial charge on any atom is 0.143 e. The molecule has 1 heterocycles. The second-order valence-electron chi connectivity index (χ2n) is 3.10. The molecule has 0 bridgehead atoms. The van der Waals surface area contributed by atoms with Gasteiger partial charge in [0.25, 0.3) is 0 Å². The third-order valence-electron chi connectivity index (χ3n) is 1.91. The second kappa shape index (κ2) is 6.69. The molecular weight excluding hydrogens is 210 g/mol. The number of rotatable bonds is 6. The summed E-state index contributed by atoms with van der Waals surface area (Å²) in [5.41, 5.74) is 1.52. The summed E-state index contributed by atoms with van der Waals surface area (Å²) in [6.45, 7) is 4.61. The molecule has 0 aliphatic carbocycles. The van der Waals surface area contributed by atoms with Crippen LogP contribution in [-0.4, -0.2) is 28.2 Å². The van der Waals surface area contributed by atoms with Crippen LogP contribution in [0, 0.1) is 6.92 Å². The molecule has 1 rings (SSSR count). The first kappa shape index (κ1) is 12.3. The maximum atomic E-state index is 9.10. The first-order chi connectivity index (χ1) is 7.27. The number of hydrogen-bond acceptors (Lipinski definition) is 4. The summed E-state index contributed by atoms with van der Waals surface area (Å²) in [6, 6.07) is 3.76. The van der Waals surface area contributed by atoms with Crippen LogP contribution in [0.4, 0.5) is 0 Å². The van der Waals surface area contributed by atoms with Gasteiger partial charge in [-0.05, 0) is 24.8 Å².